The molecule has 1 heterocycles. The Morgan fingerprint density at radius 2 is 1.80 bits per heavy atom. The van der Waals surface area contributed by atoms with Crippen molar-refractivity contribution in [3.63, 3.8) is 0 Å². The van der Waals surface area contributed by atoms with Gasteiger partial charge in [0.2, 0.25) is 17.8 Å². The SMILES string of the molecule is CNc1nc(Nc2ccc(C)cc2F)nc(N(C)C)n1. The van der Waals surface area contributed by atoms with Gasteiger partial charge in [-0.05, 0) is 24.6 Å². The van der Waals surface area contributed by atoms with Crippen LogP contribution in [0.5, 0.6) is 0 Å². The third-order valence-electron chi connectivity index (χ3n) is 2.62. The minimum Gasteiger partial charge on any atom is -0.357 e. The van der Waals surface area contributed by atoms with E-state index in [9.17, 15) is 4.39 Å². The van der Waals surface area contributed by atoms with E-state index in [4.69, 9.17) is 0 Å². The van der Waals surface area contributed by atoms with Crippen LogP contribution in [0.25, 0.3) is 0 Å². The molecule has 6 nitrogen and oxygen atoms in total. The van der Waals surface area contributed by atoms with Crippen LogP contribution in [0.15, 0.2) is 18.2 Å². The van der Waals surface area contributed by atoms with Crippen LogP contribution in [0.4, 0.5) is 27.9 Å². The molecule has 7 heteroatoms. The summed E-state index contributed by atoms with van der Waals surface area (Å²) in [5.74, 6) is 0.844. The van der Waals surface area contributed by atoms with Crippen molar-refractivity contribution in [1.82, 2.24) is 15.0 Å². The number of rotatable bonds is 4. The molecule has 0 radical (unpaired) electrons. The summed E-state index contributed by atoms with van der Waals surface area (Å²) in [4.78, 5) is 14.3. The zero-order chi connectivity index (χ0) is 14.7. The topological polar surface area (TPSA) is 66.0 Å². The summed E-state index contributed by atoms with van der Waals surface area (Å²) >= 11 is 0. The highest BCUT2D eigenvalue weighted by Gasteiger charge is 2.09. The van der Waals surface area contributed by atoms with Crippen LogP contribution in [0.2, 0.25) is 0 Å². The Balaban J connectivity index is 2.34. The van der Waals surface area contributed by atoms with E-state index < -0.39 is 0 Å². The molecule has 0 aliphatic rings. The third-order valence-corrected chi connectivity index (χ3v) is 2.62. The maximum Gasteiger partial charge on any atom is 0.233 e. The standard InChI is InChI=1S/C13H17FN6/c1-8-5-6-10(9(14)7-8)16-12-17-11(15-2)18-13(19-12)20(3)4/h5-7H,1-4H3,(H2,15,16,17,18,19). The molecular weight excluding hydrogens is 259 g/mol. The zero-order valence-electron chi connectivity index (χ0n) is 11.9. The van der Waals surface area contributed by atoms with E-state index in [1.54, 1.807) is 18.0 Å². The van der Waals surface area contributed by atoms with Crippen molar-refractivity contribution >= 4 is 23.5 Å². The van der Waals surface area contributed by atoms with E-state index in [0.717, 1.165) is 5.56 Å². The number of benzene rings is 1. The van der Waals surface area contributed by atoms with Crippen LogP contribution in [-0.2, 0) is 0 Å². The Morgan fingerprint density at radius 3 is 2.40 bits per heavy atom. The average Bonchev–Trinajstić information content (AvgIpc) is 2.41. The summed E-state index contributed by atoms with van der Waals surface area (Å²) in [6, 6.07) is 4.93. The second-order valence-electron chi connectivity index (χ2n) is 4.54. The fourth-order valence-corrected chi connectivity index (χ4v) is 1.57. The number of hydrogen-bond donors (Lipinski definition) is 2. The second kappa shape index (κ2) is 5.68. The van der Waals surface area contributed by atoms with Gasteiger partial charge in [-0.15, -0.1) is 0 Å². The van der Waals surface area contributed by atoms with Gasteiger partial charge in [0.1, 0.15) is 5.82 Å². The highest BCUT2D eigenvalue weighted by atomic mass is 19.1. The van der Waals surface area contributed by atoms with Crippen LogP contribution in [0, 0.1) is 12.7 Å². The largest absolute Gasteiger partial charge is 0.357 e. The lowest BCUT2D eigenvalue weighted by atomic mass is 10.2. The molecule has 1 aromatic heterocycles. The van der Waals surface area contributed by atoms with Crippen molar-refractivity contribution in [3.8, 4) is 0 Å². The Labute approximate surface area is 117 Å². The van der Waals surface area contributed by atoms with Crippen LogP contribution in [-0.4, -0.2) is 36.1 Å². The van der Waals surface area contributed by atoms with E-state index >= 15 is 0 Å². The van der Waals surface area contributed by atoms with Crippen molar-refractivity contribution in [2.24, 2.45) is 0 Å². The summed E-state index contributed by atoms with van der Waals surface area (Å²) in [5.41, 5.74) is 1.18. The maximum atomic E-state index is 13.8. The molecule has 0 saturated heterocycles. The Kier molecular flexibility index (Phi) is 3.97. The molecule has 0 amide bonds. The lowest BCUT2D eigenvalue weighted by Crippen LogP contribution is -2.15. The predicted molar refractivity (Wildman–Crippen MR) is 78.1 cm³/mol. The van der Waals surface area contributed by atoms with E-state index in [2.05, 4.69) is 25.6 Å². The van der Waals surface area contributed by atoms with Crippen molar-refractivity contribution in [2.45, 2.75) is 6.92 Å². The van der Waals surface area contributed by atoms with Gasteiger partial charge >= 0.3 is 0 Å². The summed E-state index contributed by atoms with van der Waals surface area (Å²) < 4.78 is 13.8. The number of halogens is 1. The average molecular weight is 276 g/mol. The first kappa shape index (κ1) is 14.0. The molecule has 0 atom stereocenters. The van der Waals surface area contributed by atoms with E-state index in [-0.39, 0.29) is 11.8 Å². The van der Waals surface area contributed by atoms with Crippen LogP contribution in [0.1, 0.15) is 5.56 Å². The molecular formula is C13H17FN6. The number of hydrogen-bond acceptors (Lipinski definition) is 6. The zero-order valence-corrected chi connectivity index (χ0v) is 11.9. The first-order valence-electron chi connectivity index (χ1n) is 6.14. The minimum atomic E-state index is -0.345. The monoisotopic (exact) mass is 276 g/mol. The molecule has 0 aliphatic carbocycles. The molecule has 20 heavy (non-hydrogen) atoms. The highest BCUT2D eigenvalue weighted by molar-refractivity contribution is 5.57. The summed E-state index contributed by atoms with van der Waals surface area (Å²) in [6.45, 7) is 1.83. The fourth-order valence-electron chi connectivity index (χ4n) is 1.57. The second-order valence-corrected chi connectivity index (χ2v) is 4.54. The van der Waals surface area contributed by atoms with E-state index in [0.29, 0.717) is 17.6 Å². The van der Waals surface area contributed by atoms with Crippen molar-refractivity contribution < 1.29 is 4.39 Å². The van der Waals surface area contributed by atoms with Crippen LogP contribution in [0.3, 0.4) is 0 Å². The van der Waals surface area contributed by atoms with Crippen LogP contribution >= 0.6 is 0 Å². The molecule has 0 aliphatic heterocycles. The van der Waals surface area contributed by atoms with Crippen molar-refractivity contribution in [1.29, 1.82) is 0 Å². The quantitative estimate of drug-likeness (QED) is 0.892. The maximum absolute atomic E-state index is 13.8. The number of anilines is 4. The van der Waals surface area contributed by atoms with Crippen molar-refractivity contribution in [3.05, 3.63) is 29.6 Å². The molecule has 0 saturated carbocycles. The normalized spacial score (nSPS) is 10.2. The lowest BCUT2D eigenvalue weighted by Gasteiger charge is -2.13. The lowest BCUT2D eigenvalue weighted by molar-refractivity contribution is 0.630. The molecule has 0 fully saturated rings. The number of aryl methyl sites for hydroxylation is 1. The molecule has 2 aromatic rings. The van der Waals surface area contributed by atoms with Crippen LogP contribution < -0.4 is 15.5 Å². The third kappa shape index (κ3) is 3.11. The number of nitrogens with zero attached hydrogens (tertiary/aromatic N) is 4. The van der Waals surface area contributed by atoms with Gasteiger partial charge in [-0.2, -0.15) is 15.0 Å². The fraction of sp³-hybridized carbons (Fsp3) is 0.308. The van der Waals surface area contributed by atoms with Crippen molar-refractivity contribution in [2.75, 3.05) is 36.7 Å². The minimum absolute atomic E-state index is 0.288. The van der Waals surface area contributed by atoms with Gasteiger partial charge in [0.25, 0.3) is 0 Å². The van der Waals surface area contributed by atoms with Gasteiger partial charge in [-0.25, -0.2) is 4.39 Å². The summed E-state index contributed by atoms with van der Waals surface area (Å²) in [6.07, 6.45) is 0. The van der Waals surface area contributed by atoms with Gasteiger partial charge in [0.05, 0.1) is 5.69 Å². The smallest absolute Gasteiger partial charge is 0.233 e. The van der Waals surface area contributed by atoms with Gasteiger partial charge in [-0.1, -0.05) is 6.07 Å². The number of aromatic nitrogens is 3. The van der Waals surface area contributed by atoms with Gasteiger partial charge in [0, 0.05) is 21.1 Å². The first-order chi connectivity index (χ1) is 9.49. The molecule has 0 bridgehead atoms. The van der Waals surface area contributed by atoms with Gasteiger partial charge in [0.15, 0.2) is 0 Å². The van der Waals surface area contributed by atoms with E-state index in [1.165, 1.54) is 6.07 Å². The molecule has 0 unspecified atom stereocenters. The molecule has 2 rings (SSSR count). The predicted octanol–water partition coefficient (Wildman–Crippen LogP) is 2.17. The van der Waals surface area contributed by atoms with Gasteiger partial charge in [-0.3, -0.25) is 0 Å². The highest BCUT2D eigenvalue weighted by Crippen LogP contribution is 2.20. The molecule has 106 valence electrons. The Bertz CT molecular complexity index is 614. The van der Waals surface area contributed by atoms with E-state index in [1.807, 2.05) is 27.1 Å². The first-order valence-corrected chi connectivity index (χ1v) is 6.14. The molecule has 0 spiro atoms. The Morgan fingerprint density at radius 1 is 1.10 bits per heavy atom. The molecule has 1 aromatic carbocycles. The Hall–Kier alpha value is -2.44. The summed E-state index contributed by atoms with van der Waals surface area (Å²) in [7, 11) is 5.36. The van der Waals surface area contributed by atoms with Gasteiger partial charge < -0.3 is 15.5 Å². The molecule has 2 N–H and O–H groups in total. The number of nitrogens with one attached hydrogen (secondary N) is 2. The summed E-state index contributed by atoms with van der Waals surface area (Å²) in [5, 5.41) is 5.72.